The third kappa shape index (κ3) is 4.83. The molecule has 1 N–H and O–H groups in total. The average molecular weight is 403 g/mol. The molecule has 1 atom stereocenters. The van der Waals surface area contributed by atoms with Gasteiger partial charge >= 0.3 is 0 Å². The maximum absolute atomic E-state index is 12.6. The lowest BCUT2D eigenvalue weighted by atomic mass is 10.0. The number of nitrogens with zero attached hydrogens (tertiary/aromatic N) is 1. The number of sulfone groups is 1. The minimum Gasteiger partial charge on any atom is -0.325 e. The van der Waals surface area contributed by atoms with Gasteiger partial charge in [0.2, 0.25) is 15.9 Å². The molecule has 1 unspecified atom stereocenters. The molecule has 0 saturated carbocycles. The summed E-state index contributed by atoms with van der Waals surface area (Å²) in [6.45, 7) is 3.72. The lowest BCUT2D eigenvalue weighted by Crippen LogP contribution is -2.50. The number of amides is 1. The van der Waals surface area contributed by atoms with Crippen molar-refractivity contribution in [1.29, 1.82) is 0 Å². The van der Waals surface area contributed by atoms with Crippen molar-refractivity contribution in [2.45, 2.75) is 50.5 Å². The SMILES string of the molecule is CCCS(=O)(=O)N1CCCCC1C(=O)Nc1ccc(S(=O)(=O)CC)cc1. The van der Waals surface area contributed by atoms with E-state index in [1.165, 1.54) is 28.6 Å². The van der Waals surface area contributed by atoms with Gasteiger partial charge in [-0.1, -0.05) is 20.3 Å². The van der Waals surface area contributed by atoms with Crippen LogP contribution >= 0.6 is 0 Å². The Morgan fingerprint density at radius 1 is 1.12 bits per heavy atom. The van der Waals surface area contributed by atoms with Crippen LogP contribution in [0.3, 0.4) is 0 Å². The normalized spacial score (nSPS) is 19.2. The number of rotatable bonds is 7. The van der Waals surface area contributed by atoms with Crippen LogP contribution in [0.4, 0.5) is 5.69 Å². The standard InChI is InChI=1S/C17H26N2O5S2/c1-3-13-26(23,24)19-12-6-5-7-16(19)17(20)18-14-8-10-15(11-9-14)25(21,22)4-2/h8-11,16H,3-7,12-13H2,1-2H3,(H,18,20). The van der Waals surface area contributed by atoms with E-state index in [0.717, 1.165) is 12.8 Å². The summed E-state index contributed by atoms with van der Waals surface area (Å²) in [4.78, 5) is 12.8. The van der Waals surface area contributed by atoms with E-state index in [4.69, 9.17) is 0 Å². The second-order valence-corrected chi connectivity index (χ2v) is 10.7. The third-order valence-electron chi connectivity index (χ3n) is 4.44. The zero-order valence-corrected chi connectivity index (χ0v) is 16.8. The van der Waals surface area contributed by atoms with Gasteiger partial charge in [0.05, 0.1) is 16.4 Å². The predicted octanol–water partition coefficient (Wildman–Crippen LogP) is 2.01. The summed E-state index contributed by atoms with van der Waals surface area (Å²) in [6.07, 6.45) is 2.53. The molecule has 1 aliphatic heterocycles. The average Bonchev–Trinajstić information content (AvgIpc) is 2.62. The first-order chi connectivity index (χ1) is 12.2. The molecule has 146 valence electrons. The van der Waals surface area contributed by atoms with Gasteiger partial charge in [-0.2, -0.15) is 4.31 Å². The van der Waals surface area contributed by atoms with E-state index in [1.54, 1.807) is 13.8 Å². The lowest BCUT2D eigenvalue weighted by molar-refractivity contribution is -0.120. The van der Waals surface area contributed by atoms with E-state index >= 15 is 0 Å². The van der Waals surface area contributed by atoms with Crippen molar-refractivity contribution >= 4 is 31.5 Å². The fraction of sp³-hybridized carbons (Fsp3) is 0.588. The summed E-state index contributed by atoms with van der Waals surface area (Å²) >= 11 is 0. The quantitative estimate of drug-likeness (QED) is 0.752. The number of piperidine rings is 1. The number of anilines is 1. The van der Waals surface area contributed by atoms with Gasteiger partial charge in [-0.3, -0.25) is 4.79 Å². The number of hydrogen-bond acceptors (Lipinski definition) is 5. The van der Waals surface area contributed by atoms with E-state index in [2.05, 4.69) is 5.32 Å². The summed E-state index contributed by atoms with van der Waals surface area (Å²) < 4.78 is 49.8. The van der Waals surface area contributed by atoms with Gasteiger partial charge in [-0.25, -0.2) is 16.8 Å². The lowest BCUT2D eigenvalue weighted by Gasteiger charge is -2.33. The Labute approximate surface area is 155 Å². The molecule has 0 radical (unpaired) electrons. The van der Waals surface area contributed by atoms with E-state index in [-0.39, 0.29) is 22.3 Å². The summed E-state index contributed by atoms with van der Waals surface area (Å²) in [5.74, 6) is -0.346. The highest BCUT2D eigenvalue weighted by atomic mass is 32.2. The first-order valence-electron chi connectivity index (χ1n) is 8.84. The molecule has 0 aromatic heterocycles. The van der Waals surface area contributed by atoms with E-state index < -0.39 is 25.9 Å². The van der Waals surface area contributed by atoms with Crippen LogP contribution in [0, 0.1) is 0 Å². The van der Waals surface area contributed by atoms with Crippen LogP contribution in [0.5, 0.6) is 0 Å². The molecular formula is C17H26N2O5S2. The van der Waals surface area contributed by atoms with Crippen LogP contribution in [-0.2, 0) is 24.7 Å². The number of benzene rings is 1. The Bertz CT molecular complexity index is 832. The molecule has 0 aliphatic carbocycles. The van der Waals surface area contributed by atoms with Crippen molar-refractivity contribution in [3.05, 3.63) is 24.3 Å². The summed E-state index contributed by atoms with van der Waals surface area (Å²) in [7, 11) is -6.75. The highest BCUT2D eigenvalue weighted by molar-refractivity contribution is 7.91. The van der Waals surface area contributed by atoms with Crippen molar-refractivity contribution in [1.82, 2.24) is 4.31 Å². The van der Waals surface area contributed by atoms with E-state index in [9.17, 15) is 21.6 Å². The molecule has 1 amide bonds. The largest absolute Gasteiger partial charge is 0.325 e. The van der Waals surface area contributed by atoms with Crippen LogP contribution in [0.2, 0.25) is 0 Å². The number of hydrogen-bond donors (Lipinski definition) is 1. The molecular weight excluding hydrogens is 376 g/mol. The second kappa shape index (κ2) is 8.49. The Morgan fingerprint density at radius 2 is 1.77 bits per heavy atom. The van der Waals surface area contributed by atoms with Crippen LogP contribution in [-0.4, -0.2) is 51.1 Å². The Kier molecular flexibility index (Phi) is 6.81. The highest BCUT2D eigenvalue weighted by Gasteiger charge is 2.36. The minimum absolute atomic E-state index is 0.00499. The maximum atomic E-state index is 12.6. The number of sulfonamides is 1. The molecule has 1 saturated heterocycles. The predicted molar refractivity (Wildman–Crippen MR) is 101 cm³/mol. The van der Waals surface area contributed by atoms with Gasteiger partial charge in [0.15, 0.2) is 9.84 Å². The van der Waals surface area contributed by atoms with Crippen molar-refractivity contribution in [3.63, 3.8) is 0 Å². The van der Waals surface area contributed by atoms with Crippen LogP contribution in [0.25, 0.3) is 0 Å². The number of nitrogens with one attached hydrogen (secondary N) is 1. The van der Waals surface area contributed by atoms with Crippen LogP contribution in [0.15, 0.2) is 29.2 Å². The van der Waals surface area contributed by atoms with Crippen molar-refractivity contribution in [3.8, 4) is 0 Å². The first-order valence-corrected chi connectivity index (χ1v) is 12.1. The van der Waals surface area contributed by atoms with Crippen LogP contribution < -0.4 is 5.32 Å². The summed E-state index contributed by atoms with van der Waals surface area (Å²) in [5.41, 5.74) is 0.448. The summed E-state index contributed by atoms with van der Waals surface area (Å²) in [5, 5.41) is 2.71. The zero-order valence-electron chi connectivity index (χ0n) is 15.1. The molecule has 1 aromatic rings. The zero-order chi connectivity index (χ0) is 19.4. The first kappa shape index (κ1) is 20.9. The van der Waals surface area contributed by atoms with Crippen molar-refractivity contribution in [2.24, 2.45) is 0 Å². The van der Waals surface area contributed by atoms with Gasteiger partial charge < -0.3 is 5.32 Å². The molecule has 0 bridgehead atoms. The molecule has 1 aromatic carbocycles. The van der Waals surface area contributed by atoms with Gasteiger partial charge in [0.1, 0.15) is 6.04 Å². The molecule has 26 heavy (non-hydrogen) atoms. The third-order valence-corrected chi connectivity index (χ3v) is 8.26. The van der Waals surface area contributed by atoms with Crippen molar-refractivity contribution in [2.75, 3.05) is 23.4 Å². The van der Waals surface area contributed by atoms with Gasteiger partial charge in [0, 0.05) is 12.2 Å². The van der Waals surface area contributed by atoms with Crippen molar-refractivity contribution < 1.29 is 21.6 Å². The van der Waals surface area contributed by atoms with Crippen LogP contribution in [0.1, 0.15) is 39.5 Å². The maximum Gasteiger partial charge on any atom is 0.242 e. The Hall–Kier alpha value is -1.45. The monoisotopic (exact) mass is 402 g/mol. The molecule has 0 spiro atoms. The molecule has 2 rings (SSSR count). The fourth-order valence-corrected chi connectivity index (χ4v) is 5.64. The Morgan fingerprint density at radius 3 is 2.35 bits per heavy atom. The molecule has 1 fully saturated rings. The van der Waals surface area contributed by atoms with E-state index in [0.29, 0.717) is 25.1 Å². The molecule has 7 nitrogen and oxygen atoms in total. The second-order valence-electron chi connectivity index (χ2n) is 6.36. The fourth-order valence-electron chi connectivity index (χ4n) is 3.01. The van der Waals surface area contributed by atoms with Gasteiger partial charge in [0.25, 0.3) is 0 Å². The number of carbonyl (C=O) groups excluding carboxylic acids is 1. The number of carbonyl (C=O) groups is 1. The molecule has 1 aliphatic rings. The van der Waals surface area contributed by atoms with E-state index in [1.807, 2.05) is 0 Å². The smallest absolute Gasteiger partial charge is 0.242 e. The topological polar surface area (TPSA) is 101 Å². The molecule has 1 heterocycles. The van der Waals surface area contributed by atoms with Gasteiger partial charge in [-0.05, 0) is 43.5 Å². The summed E-state index contributed by atoms with van der Waals surface area (Å²) in [6, 6.07) is 5.21. The minimum atomic E-state index is -3.46. The molecule has 9 heteroatoms. The highest BCUT2D eigenvalue weighted by Crippen LogP contribution is 2.23. The Balaban J connectivity index is 2.15. The van der Waals surface area contributed by atoms with Gasteiger partial charge in [-0.15, -0.1) is 0 Å².